The topological polar surface area (TPSA) is 75.2 Å². The van der Waals surface area contributed by atoms with Crippen LogP contribution in [-0.2, 0) is 17.8 Å². The van der Waals surface area contributed by atoms with Gasteiger partial charge in [-0.25, -0.2) is 0 Å². The minimum absolute atomic E-state index is 0. The summed E-state index contributed by atoms with van der Waals surface area (Å²) in [7, 11) is 4.92. The van der Waals surface area contributed by atoms with Crippen molar-refractivity contribution in [1.29, 1.82) is 0 Å². The summed E-state index contributed by atoms with van der Waals surface area (Å²) in [6.07, 6.45) is 0.895. The number of hydrogen-bond donors (Lipinski definition) is 2. The molecule has 0 atom stereocenters. The Kier molecular flexibility index (Phi) is 8.56. The van der Waals surface area contributed by atoms with Gasteiger partial charge in [-0.3, -0.25) is 9.79 Å². The Bertz CT molecular complexity index is 873. The third kappa shape index (κ3) is 5.53. The van der Waals surface area contributed by atoms with Crippen LogP contribution in [0.2, 0.25) is 0 Å². The molecule has 1 heterocycles. The summed E-state index contributed by atoms with van der Waals surface area (Å²) in [5.41, 5.74) is 3.18. The smallest absolute Gasteiger partial charge is 0.246 e. The number of benzene rings is 2. The summed E-state index contributed by atoms with van der Waals surface area (Å²) >= 11 is 0. The molecule has 29 heavy (non-hydrogen) atoms. The lowest BCUT2D eigenvalue weighted by molar-refractivity contribution is -0.117. The molecule has 8 heteroatoms. The number of carbonyl (C=O) groups is 1. The van der Waals surface area contributed by atoms with E-state index in [1.807, 2.05) is 41.3 Å². The van der Waals surface area contributed by atoms with Crippen molar-refractivity contribution in [1.82, 2.24) is 10.6 Å². The standard InChI is InChI=1S/C21H26N4O3.HI/c1-22-21(23-13-16-8-9-17(27-2)12-19(16)28-3)24-14-20(26)25-11-10-15-6-4-5-7-18(15)25;/h4-9,12H,10-11,13-14H2,1-3H3,(H2,22,23,24);1H. The molecule has 2 aromatic rings. The normalized spacial score (nSPS) is 12.7. The molecule has 0 saturated heterocycles. The van der Waals surface area contributed by atoms with E-state index in [4.69, 9.17) is 9.47 Å². The first-order chi connectivity index (χ1) is 13.7. The fourth-order valence-electron chi connectivity index (χ4n) is 3.25. The quantitative estimate of drug-likeness (QED) is 0.355. The molecule has 2 aromatic carbocycles. The second kappa shape index (κ2) is 10.9. The lowest BCUT2D eigenvalue weighted by Gasteiger charge is -2.19. The minimum Gasteiger partial charge on any atom is -0.497 e. The molecule has 0 bridgehead atoms. The average Bonchev–Trinajstić information content (AvgIpc) is 3.18. The monoisotopic (exact) mass is 510 g/mol. The lowest BCUT2D eigenvalue weighted by Crippen LogP contribution is -2.44. The molecule has 0 saturated carbocycles. The number of guanidine groups is 1. The van der Waals surface area contributed by atoms with E-state index < -0.39 is 0 Å². The number of fused-ring (bicyclic) bond motifs is 1. The van der Waals surface area contributed by atoms with Gasteiger partial charge in [-0.05, 0) is 30.2 Å². The van der Waals surface area contributed by atoms with Crippen molar-refractivity contribution in [2.75, 3.05) is 39.3 Å². The molecule has 156 valence electrons. The van der Waals surface area contributed by atoms with Crippen LogP contribution in [0.5, 0.6) is 11.5 Å². The number of carbonyl (C=O) groups excluding carboxylic acids is 1. The SMILES string of the molecule is CN=C(NCC(=O)N1CCc2ccccc21)NCc1ccc(OC)cc1OC.I. The van der Waals surface area contributed by atoms with Crippen molar-refractivity contribution in [3.63, 3.8) is 0 Å². The van der Waals surface area contributed by atoms with Gasteiger partial charge in [0.05, 0.1) is 20.8 Å². The van der Waals surface area contributed by atoms with E-state index >= 15 is 0 Å². The molecule has 0 spiro atoms. The van der Waals surface area contributed by atoms with Gasteiger partial charge in [0.15, 0.2) is 5.96 Å². The molecule has 3 rings (SSSR count). The lowest BCUT2D eigenvalue weighted by atomic mass is 10.2. The summed E-state index contributed by atoms with van der Waals surface area (Å²) in [5, 5.41) is 6.30. The molecule has 0 unspecified atom stereocenters. The van der Waals surface area contributed by atoms with E-state index in [0.717, 1.165) is 35.7 Å². The van der Waals surface area contributed by atoms with Crippen LogP contribution < -0.4 is 25.0 Å². The Hall–Kier alpha value is -2.49. The van der Waals surface area contributed by atoms with E-state index in [2.05, 4.69) is 21.7 Å². The van der Waals surface area contributed by atoms with Crippen LogP contribution in [0.15, 0.2) is 47.5 Å². The zero-order valence-electron chi connectivity index (χ0n) is 16.9. The van der Waals surface area contributed by atoms with Crippen molar-refractivity contribution < 1.29 is 14.3 Å². The van der Waals surface area contributed by atoms with Crippen molar-refractivity contribution in [3.8, 4) is 11.5 Å². The van der Waals surface area contributed by atoms with Gasteiger partial charge < -0.3 is 25.0 Å². The third-order valence-electron chi connectivity index (χ3n) is 4.76. The molecule has 1 amide bonds. The van der Waals surface area contributed by atoms with E-state index in [-0.39, 0.29) is 36.4 Å². The second-order valence-corrected chi connectivity index (χ2v) is 6.38. The summed E-state index contributed by atoms with van der Waals surface area (Å²) < 4.78 is 10.6. The first-order valence-corrected chi connectivity index (χ1v) is 9.20. The first kappa shape index (κ1) is 22.8. The summed E-state index contributed by atoms with van der Waals surface area (Å²) in [5.74, 6) is 2.04. The van der Waals surface area contributed by atoms with Gasteiger partial charge >= 0.3 is 0 Å². The molecule has 0 aromatic heterocycles. The third-order valence-corrected chi connectivity index (χ3v) is 4.76. The Balaban J connectivity index is 0.00000300. The highest BCUT2D eigenvalue weighted by molar-refractivity contribution is 14.0. The molecular formula is C21H27IN4O3. The number of hydrogen-bond acceptors (Lipinski definition) is 4. The average molecular weight is 510 g/mol. The molecular weight excluding hydrogens is 483 g/mol. The van der Waals surface area contributed by atoms with Crippen LogP contribution in [0.1, 0.15) is 11.1 Å². The maximum absolute atomic E-state index is 12.6. The zero-order chi connectivity index (χ0) is 19.9. The van der Waals surface area contributed by atoms with E-state index in [0.29, 0.717) is 12.5 Å². The van der Waals surface area contributed by atoms with Crippen LogP contribution in [0.4, 0.5) is 5.69 Å². The molecule has 7 nitrogen and oxygen atoms in total. The first-order valence-electron chi connectivity index (χ1n) is 9.20. The van der Waals surface area contributed by atoms with Gasteiger partial charge in [0.1, 0.15) is 11.5 Å². The van der Waals surface area contributed by atoms with E-state index in [1.54, 1.807) is 21.3 Å². The van der Waals surface area contributed by atoms with Gasteiger partial charge in [0.25, 0.3) is 0 Å². The fraction of sp³-hybridized carbons (Fsp3) is 0.333. The summed E-state index contributed by atoms with van der Waals surface area (Å²) in [4.78, 5) is 18.6. The predicted octanol–water partition coefficient (Wildman–Crippen LogP) is 2.58. The molecule has 0 fully saturated rings. The molecule has 0 radical (unpaired) electrons. The fourth-order valence-corrected chi connectivity index (χ4v) is 3.25. The van der Waals surface area contributed by atoms with Gasteiger partial charge in [0.2, 0.25) is 5.91 Å². The van der Waals surface area contributed by atoms with Gasteiger partial charge in [0, 0.05) is 37.5 Å². The Morgan fingerprint density at radius 3 is 2.66 bits per heavy atom. The highest BCUT2D eigenvalue weighted by Gasteiger charge is 2.23. The van der Waals surface area contributed by atoms with Gasteiger partial charge in [-0.2, -0.15) is 0 Å². The van der Waals surface area contributed by atoms with Crippen LogP contribution in [-0.4, -0.2) is 46.2 Å². The van der Waals surface area contributed by atoms with Gasteiger partial charge in [-0.1, -0.05) is 18.2 Å². The van der Waals surface area contributed by atoms with Crippen molar-refractivity contribution in [2.45, 2.75) is 13.0 Å². The van der Waals surface area contributed by atoms with Gasteiger partial charge in [-0.15, -0.1) is 24.0 Å². The number of anilines is 1. The Morgan fingerprint density at radius 1 is 1.14 bits per heavy atom. The van der Waals surface area contributed by atoms with Crippen molar-refractivity contribution >= 4 is 41.5 Å². The highest BCUT2D eigenvalue weighted by Crippen LogP contribution is 2.27. The number of amides is 1. The second-order valence-electron chi connectivity index (χ2n) is 6.38. The van der Waals surface area contributed by atoms with Crippen LogP contribution in [0.3, 0.4) is 0 Å². The Morgan fingerprint density at radius 2 is 1.93 bits per heavy atom. The van der Waals surface area contributed by atoms with E-state index in [1.165, 1.54) is 5.56 Å². The number of ether oxygens (including phenoxy) is 2. The number of nitrogens with one attached hydrogen (secondary N) is 2. The highest BCUT2D eigenvalue weighted by atomic mass is 127. The van der Waals surface area contributed by atoms with Crippen LogP contribution in [0.25, 0.3) is 0 Å². The van der Waals surface area contributed by atoms with E-state index in [9.17, 15) is 4.79 Å². The molecule has 2 N–H and O–H groups in total. The Labute approximate surface area is 188 Å². The number of para-hydroxylation sites is 1. The number of rotatable bonds is 6. The number of aliphatic imine (C=N–C) groups is 1. The largest absolute Gasteiger partial charge is 0.497 e. The summed E-state index contributed by atoms with van der Waals surface area (Å²) in [6, 6.07) is 13.7. The summed E-state index contributed by atoms with van der Waals surface area (Å²) in [6.45, 7) is 1.40. The molecule has 1 aliphatic heterocycles. The van der Waals surface area contributed by atoms with Crippen LogP contribution in [0, 0.1) is 0 Å². The maximum Gasteiger partial charge on any atom is 0.246 e. The number of halogens is 1. The molecule has 1 aliphatic rings. The zero-order valence-corrected chi connectivity index (χ0v) is 19.2. The number of nitrogens with zero attached hydrogens (tertiary/aromatic N) is 2. The predicted molar refractivity (Wildman–Crippen MR) is 126 cm³/mol. The van der Waals surface area contributed by atoms with Crippen molar-refractivity contribution in [2.24, 2.45) is 4.99 Å². The number of methoxy groups -OCH3 is 2. The maximum atomic E-state index is 12.6. The molecule has 0 aliphatic carbocycles. The van der Waals surface area contributed by atoms with Crippen LogP contribution >= 0.6 is 24.0 Å². The minimum atomic E-state index is 0. The van der Waals surface area contributed by atoms with Crippen molar-refractivity contribution in [3.05, 3.63) is 53.6 Å².